The van der Waals surface area contributed by atoms with Crippen LogP contribution in [0.1, 0.15) is 42.5 Å². The second kappa shape index (κ2) is 5.20. The molecule has 1 fully saturated rings. The minimum atomic E-state index is 0.0125. The zero-order chi connectivity index (χ0) is 13.1. The Balaban J connectivity index is 2.36. The van der Waals surface area contributed by atoms with Crippen molar-refractivity contribution in [2.24, 2.45) is 10.9 Å². The average Bonchev–Trinajstić information content (AvgIpc) is 2.86. The van der Waals surface area contributed by atoms with Crippen molar-refractivity contribution in [3.63, 3.8) is 0 Å². The third-order valence-electron chi connectivity index (χ3n) is 3.37. The van der Waals surface area contributed by atoms with Crippen LogP contribution in [0, 0.1) is 13.8 Å². The molecule has 0 bridgehead atoms. The molecule has 1 aromatic rings. The number of aryl methyl sites for hydroxylation is 1. The number of nitrogens with zero attached hydrogens (tertiary/aromatic N) is 3. The van der Waals surface area contributed by atoms with E-state index in [4.69, 9.17) is 15.7 Å². The molecule has 0 atom stereocenters. The van der Waals surface area contributed by atoms with E-state index in [2.05, 4.69) is 15.4 Å². The van der Waals surface area contributed by atoms with Gasteiger partial charge in [0.15, 0.2) is 5.84 Å². The van der Waals surface area contributed by atoms with Crippen LogP contribution in [0.4, 0.5) is 0 Å². The number of hydrogen-bond donors (Lipinski definition) is 2. The van der Waals surface area contributed by atoms with Gasteiger partial charge in [-0.1, -0.05) is 5.16 Å². The maximum atomic E-state index is 8.85. The van der Waals surface area contributed by atoms with Crippen molar-refractivity contribution in [3.8, 4) is 5.88 Å². The van der Waals surface area contributed by atoms with Gasteiger partial charge in [-0.05, 0) is 45.1 Å². The fraction of sp³-hybridized carbons (Fsp3) is 0.583. The van der Waals surface area contributed by atoms with E-state index in [1.807, 2.05) is 13.8 Å². The fourth-order valence-corrected chi connectivity index (χ4v) is 2.18. The third-order valence-corrected chi connectivity index (χ3v) is 3.37. The molecular weight excluding hydrogens is 232 g/mol. The van der Waals surface area contributed by atoms with Gasteiger partial charge in [-0.15, -0.1) is 5.10 Å². The topological polar surface area (TPSA) is 93.6 Å². The minimum absolute atomic E-state index is 0.0125. The highest BCUT2D eigenvalue weighted by Crippen LogP contribution is 2.26. The van der Waals surface area contributed by atoms with Crippen LogP contribution < -0.4 is 10.5 Å². The predicted molar refractivity (Wildman–Crippen MR) is 66.9 cm³/mol. The Bertz CT molecular complexity index is 467. The van der Waals surface area contributed by atoms with Gasteiger partial charge in [0.25, 0.3) is 0 Å². The molecule has 0 aromatic carbocycles. The summed E-state index contributed by atoms with van der Waals surface area (Å²) in [6, 6.07) is 0. The number of amidine groups is 1. The van der Waals surface area contributed by atoms with Crippen LogP contribution in [0.3, 0.4) is 0 Å². The van der Waals surface area contributed by atoms with E-state index in [0.29, 0.717) is 11.4 Å². The number of ether oxygens (including phenoxy) is 1. The molecule has 1 saturated carbocycles. The molecule has 3 N–H and O–H groups in total. The zero-order valence-electron chi connectivity index (χ0n) is 10.7. The summed E-state index contributed by atoms with van der Waals surface area (Å²) in [4.78, 5) is 0. The fourth-order valence-electron chi connectivity index (χ4n) is 2.18. The Hall–Kier alpha value is -1.85. The lowest BCUT2D eigenvalue weighted by atomic mass is 10.1. The minimum Gasteiger partial charge on any atom is -0.473 e. The van der Waals surface area contributed by atoms with Crippen LogP contribution >= 0.6 is 0 Å². The summed E-state index contributed by atoms with van der Waals surface area (Å²) in [7, 11) is 0. The van der Waals surface area contributed by atoms with Crippen LogP contribution in [-0.2, 0) is 0 Å². The van der Waals surface area contributed by atoms with Gasteiger partial charge >= 0.3 is 0 Å². The van der Waals surface area contributed by atoms with Crippen LogP contribution in [-0.4, -0.2) is 27.3 Å². The second-order valence-electron chi connectivity index (χ2n) is 4.60. The van der Waals surface area contributed by atoms with E-state index in [9.17, 15) is 0 Å². The Labute approximate surface area is 106 Å². The normalized spacial score (nSPS) is 17.1. The standard InChI is InChI=1S/C12H18N4O2/c1-7-8(2)14-15-12(10(7)11(13)16-17)18-9-5-3-4-6-9/h9,17H,3-6H2,1-2H3,(H2,13,16). The van der Waals surface area contributed by atoms with Gasteiger partial charge in [0.2, 0.25) is 5.88 Å². The summed E-state index contributed by atoms with van der Waals surface area (Å²) < 4.78 is 5.82. The average molecular weight is 250 g/mol. The molecule has 1 aromatic heterocycles. The van der Waals surface area contributed by atoms with Crippen molar-refractivity contribution < 1.29 is 9.94 Å². The lowest BCUT2D eigenvalue weighted by Crippen LogP contribution is -2.21. The Morgan fingerprint density at radius 1 is 1.33 bits per heavy atom. The summed E-state index contributed by atoms with van der Waals surface area (Å²) in [6.07, 6.45) is 4.53. The first-order valence-corrected chi connectivity index (χ1v) is 6.12. The van der Waals surface area contributed by atoms with Crippen LogP contribution in [0.2, 0.25) is 0 Å². The maximum Gasteiger partial charge on any atom is 0.245 e. The molecule has 0 spiro atoms. The molecule has 0 amide bonds. The number of rotatable bonds is 3. The van der Waals surface area contributed by atoms with Gasteiger partial charge < -0.3 is 15.7 Å². The number of nitrogens with two attached hydrogens (primary N) is 1. The highest BCUT2D eigenvalue weighted by atomic mass is 16.5. The van der Waals surface area contributed by atoms with Crippen LogP contribution in [0.25, 0.3) is 0 Å². The van der Waals surface area contributed by atoms with E-state index in [1.165, 1.54) is 12.8 Å². The summed E-state index contributed by atoms with van der Waals surface area (Å²) in [5, 5.41) is 19.9. The van der Waals surface area contributed by atoms with Gasteiger partial charge in [-0.2, -0.15) is 5.10 Å². The van der Waals surface area contributed by atoms with Gasteiger partial charge in [-0.25, -0.2) is 0 Å². The van der Waals surface area contributed by atoms with Crippen molar-refractivity contribution in [3.05, 3.63) is 16.8 Å². The predicted octanol–water partition coefficient (Wildman–Crippen LogP) is 1.51. The van der Waals surface area contributed by atoms with E-state index < -0.39 is 0 Å². The zero-order valence-corrected chi connectivity index (χ0v) is 10.7. The Morgan fingerprint density at radius 2 is 2.00 bits per heavy atom. The summed E-state index contributed by atoms with van der Waals surface area (Å²) in [6.45, 7) is 3.69. The molecule has 2 rings (SSSR count). The van der Waals surface area contributed by atoms with E-state index in [-0.39, 0.29) is 11.9 Å². The molecule has 6 heteroatoms. The molecule has 0 unspecified atom stereocenters. The molecular formula is C12H18N4O2. The van der Waals surface area contributed by atoms with E-state index in [1.54, 1.807) is 0 Å². The molecule has 1 aliphatic rings. The first kappa shape index (κ1) is 12.6. The smallest absolute Gasteiger partial charge is 0.245 e. The number of oxime groups is 1. The van der Waals surface area contributed by atoms with Gasteiger partial charge in [0.05, 0.1) is 11.3 Å². The molecule has 0 saturated heterocycles. The first-order valence-electron chi connectivity index (χ1n) is 6.12. The summed E-state index contributed by atoms with van der Waals surface area (Å²) >= 11 is 0. The molecule has 6 nitrogen and oxygen atoms in total. The van der Waals surface area contributed by atoms with E-state index >= 15 is 0 Å². The van der Waals surface area contributed by atoms with Gasteiger partial charge in [0.1, 0.15) is 6.10 Å². The lowest BCUT2D eigenvalue weighted by Gasteiger charge is -2.16. The molecule has 98 valence electrons. The number of hydrogen-bond acceptors (Lipinski definition) is 5. The highest BCUT2D eigenvalue weighted by Gasteiger charge is 2.22. The summed E-state index contributed by atoms with van der Waals surface area (Å²) in [5.41, 5.74) is 7.80. The van der Waals surface area contributed by atoms with Crippen molar-refractivity contribution >= 4 is 5.84 Å². The highest BCUT2D eigenvalue weighted by molar-refractivity contribution is 6.00. The Kier molecular flexibility index (Phi) is 3.64. The summed E-state index contributed by atoms with van der Waals surface area (Å²) in [5.74, 6) is 0.374. The van der Waals surface area contributed by atoms with Gasteiger partial charge in [0, 0.05) is 0 Å². The second-order valence-corrected chi connectivity index (χ2v) is 4.60. The molecule has 0 radical (unpaired) electrons. The van der Waals surface area contributed by atoms with Crippen LogP contribution in [0.5, 0.6) is 5.88 Å². The maximum absolute atomic E-state index is 8.85. The van der Waals surface area contributed by atoms with Gasteiger partial charge in [-0.3, -0.25) is 0 Å². The van der Waals surface area contributed by atoms with Crippen molar-refractivity contribution in [2.45, 2.75) is 45.6 Å². The molecule has 18 heavy (non-hydrogen) atoms. The SMILES string of the molecule is Cc1nnc(OC2CCCC2)c(/C(N)=N/O)c1C. The van der Waals surface area contributed by atoms with Crippen molar-refractivity contribution in [2.75, 3.05) is 0 Å². The van der Waals surface area contributed by atoms with Crippen LogP contribution in [0.15, 0.2) is 5.16 Å². The van der Waals surface area contributed by atoms with Crippen molar-refractivity contribution in [1.29, 1.82) is 0 Å². The largest absolute Gasteiger partial charge is 0.473 e. The quantitative estimate of drug-likeness (QED) is 0.367. The van der Waals surface area contributed by atoms with Crippen molar-refractivity contribution in [1.82, 2.24) is 10.2 Å². The molecule has 1 aliphatic carbocycles. The first-order chi connectivity index (χ1) is 8.63. The Morgan fingerprint density at radius 3 is 2.61 bits per heavy atom. The monoisotopic (exact) mass is 250 g/mol. The lowest BCUT2D eigenvalue weighted by molar-refractivity contribution is 0.198. The number of aromatic nitrogens is 2. The molecule has 0 aliphatic heterocycles. The molecule has 1 heterocycles. The third kappa shape index (κ3) is 2.37. The van der Waals surface area contributed by atoms with E-state index in [0.717, 1.165) is 24.1 Å².